The van der Waals surface area contributed by atoms with Crippen LogP contribution in [0.15, 0.2) is 35.3 Å². The van der Waals surface area contributed by atoms with Crippen LogP contribution in [0.25, 0.3) is 0 Å². The molecule has 1 aliphatic rings. The molecule has 1 heterocycles. The van der Waals surface area contributed by atoms with Gasteiger partial charge in [0.15, 0.2) is 5.96 Å². The van der Waals surface area contributed by atoms with Crippen molar-refractivity contribution >= 4 is 12.1 Å². The molecule has 2 N–H and O–H groups in total. The van der Waals surface area contributed by atoms with E-state index in [2.05, 4.69) is 27.4 Å². The minimum Gasteiger partial charge on any atom is -0.490 e. The molecule has 1 fully saturated rings. The zero-order valence-electron chi connectivity index (χ0n) is 17.5. The van der Waals surface area contributed by atoms with Gasteiger partial charge in [-0.1, -0.05) is 18.2 Å². The molecule has 28 heavy (non-hydrogen) atoms. The summed E-state index contributed by atoms with van der Waals surface area (Å²) in [5.74, 6) is 1.81. The summed E-state index contributed by atoms with van der Waals surface area (Å²) in [6.07, 6.45) is 1.73. The molecule has 2 rings (SSSR count). The van der Waals surface area contributed by atoms with E-state index in [9.17, 15) is 4.79 Å². The third kappa shape index (κ3) is 8.06. The number of benzene rings is 1. The Balaban J connectivity index is 1.77. The average molecular weight is 391 g/mol. The van der Waals surface area contributed by atoms with Crippen LogP contribution in [0.1, 0.15) is 40.5 Å². The number of alkyl carbamates (subject to hydrolysis) is 1. The Kier molecular flexibility index (Phi) is 8.42. The number of hydrogen-bond acceptors (Lipinski definition) is 4. The number of ether oxygens (including phenoxy) is 2. The molecular weight excluding hydrogens is 356 g/mol. The zero-order valence-corrected chi connectivity index (χ0v) is 17.5. The zero-order chi connectivity index (χ0) is 20.4. The first-order valence-corrected chi connectivity index (χ1v) is 10.1. The van der Waals surface area contributed by atoms with E-state index in [4.69, 9.17) is 9.47 Å². The van der Waals surface area contributed by atoms with E-state index in [0.29, 0.717) is 13.1 Å². The van der Waals surface area contributed by atoms with Gasteiger partial charge in [0.25, 0.3) is 0 Å². The number of aliphatic imine (C=N–C) groups is 1. The predicted octanol–water partition coefficient (Wildman–Crippen LogP) is 3.02. The average Bonchev–Trinajstić information content (AvgIpc) is 2.64. The van der Waals surface area contributed by atoms with Crippen LogP contribution in [-0.2, 0) is 4.74 Å². The Morgan fingerprint density at radius 2 is 1.86 bits per heavy atom. The van der Waals surface area contributed by atoms with E-state index in [1.54, 1.807) is 0 Å². The summed E-state index contributed by atoms with van der Waals surface area (Å²) in [4.78, 5) is 18.6. The minimum absolute atomic E-state index is 0.232. The fourth-order valence-electron chi connectivity index (χ4n) is 2.94. The van der Waals surface area contributed by atoms with Crippen molar-refractivity contribution in [1.29, 1.82) is 0 Å². The molecule has 1 aliphatic heterocycles. The topological polar surface area (TPSA) is 75.2 Å². The first kappa shape index (κ1) is 21.9. The van der Waals surface area contributed by atoms with Crippen LogP contribution < -0.4 is 15.4 Å². The van der Waals surface area contributed by atoms with Gasteiger partial charge in [-0.3, -0.25) is 4.99 Å². The van der Waals surface area contributed by atoms with Gasteiger partial charge in [0.05, 0.1) is 6.54 Å². The molecule has 156 valence electrons. The summed E-state index contributed by atoms with van der Waals surface area (Å²) in [5, 5.41) is 6.07. The maximum atomic E-state index is 11.7. The van der Waals surface area contributed by atoms with E-state index in [0.717, 1.165) is 44.2 Å². The van der Waals surface area contributed by atoms with Gasteiger partial charge in [-0.15, -0.1) is 0 Å². The first-order chi connectivity index (χ1) is 13.4. The van der Waals surface area contributed by atoms with Crippen LogP contribution in [0.5, 0.6) is 5.75 Å². The Bertz CT molecular complexity index is 620. The molecule has 7 nitrogen and oxygen atoms in total. The maximum absolute atomic E-state index is 11.7. The second kappa shape index (κ2) is 10.8. The fraction of sp³-hybridized carbons (Fsp3) is 0.619. The Morgan fingerprint density at radius 3 is 2.46 bits per heavy atom. The Morgan fingerprint density at radius 1 is 1.18 bits per heavy atom. The van der Waals surface area contributed by atoms with Crippen molar-refractivity contribution in [2.45, 2.75) is 52.2 Å². The van der Waals surface area contributed by atoms with Crippen molar-refractivity contribution in [2.24, 2.45) is 4.99 Å². The van der Waals surface area contributed by atoms with E-state index in [1.807, 2.05) is 51.1 Å². The molecule has 0 saturated carbocycles. The van der Waals surface area contributed by atoms with Crippen molar-refractivity contribution in [1.82, 2.24) is 15.5 Å². The smallest absolute Gasteiger partial charge is 0.407 e. The van der Waals surface area contributed by atoms with Crippen LogP contribution in [0.3, 0.4) is 0 Å². The van der Waals surface area contributed by atoms with Gasteiger partial charge in [-0.25, -0.2) is 4.79 Å². The number of para-hydroxylation sites is 1. The predicted molar refractivity (Wildman–Crippen MR) is 112 cm³/mol. The normalized spacial score (nSPS) is 15.9. The lowest BCUT2D eigenvalue weighted by Crippen LogP contribution is -2.47. The lowest BCUT2D eigenvalue weighted by Gasteiger charge is -2.34. The largest absolute Gasteiger partial charge is 0.490 e. The summed E-state index contributed by atoms with van der Waals surface area (Å²) in [5.41, 5.74) is -0.492. The maximum Gasteiger partial charge on any atom is 0.407 e. The molecular formula is C21H34N4O3. The highest BCUT2D eigenvalue weighted by Gasteiger charge is 2.22. The highest BCUT2D eigenvalue weighted by Crippen LogP contribution is 2.18. The monoisotopic (exact) mass is 390 g/mol. The quantitative estimate of drug-likeness (QED) is 0.444. The molecule has 0 aromatic heterocycles. The van der Waals surface area contributed by atoms with Crippen molar-refractivity contribution in [3.05, 3.63) is 30.3 Å². The molecule has 0 radical (unpaired) electrons. The van der Waals surface area contributed by atoms with Crippen molar-refractivity contribution in [2.75, 3.05) is 32.7 Å². The number of guanidine groups is 1. The van der Waals surface area contributed by atoms with E-state index in [1.165, 1.54) is 0 Å². The van der Waals surface area contributed by atoms with E-state index >= 15 is 0 Å². The molecule has 0 aliphatic carbocycles. The second-order valence-electron chi connectivity index (χ2n) is 7.78. The summed E-state index contributed by atoms with van der Waals surface area (Å²) in [7, 11) is 0. The van der Waals surface area contributed by atoms with Gasteiger partial charge in [-0.05, 0) is 39.8 Å². The van der Waals surface area contributed by atoms with E-state index < -0.39 is 11.7 Å². The van der Waals surface area contributed by atoms with Gasteiger partial charge in [-0.2, -0.15) is 0 Å². The molecule has 7 heteroatoms. The highest BCUT2D eigenvalue weighted by atomic mass is 16.6. The van der Waals surface area contributed by atoms with Gasteiger partial charge in [0.2, 0.25) is 0 Å². The number of nitrogens with one attached hydrogen (secondary N) is 2. The van der Waals surface area contributed by atoms with Gasteiger partial charge >= 0.3 is 6.09 Å². The molecule has 1 aromatic carbocycles. The van der Waals surface area contributed by atoms with Crippen LogP contribution >= 0.6 is 0 Å². The number of nitrogens with zero attached hydrogens (tertiary/aromatic N) is 2. The second-order valence-corrected chi connectivity index (χ2v) is 7.78. The molecule has 1 amide bonds. The Labute approximate surface area is 168 Å². The molecule has 1 saturated heterocycles. The standard InChI is InChI=1S/C21H34N4O3/c1-5-22-19(23-13-14-24-20(26)28-21(2,3)4)25-15-11-18(12-16-25)27-17-9-7-6-8-10-17/h6-10,18H,5,11-16H2,1-4H3,(H,22,23)(H,24,26). The minimum atomic E-state index is -0.492. The van der Waals surface area contributed by atoms with Gasteiger partial charge < -0.3 is 25.0 Å². The van der Waals surface area contributed by atoms with Gasteiger partial charge in [0, 0.05) is 39.0 Å². The van der Waals surface area contributed by atoms with Crippen LogP contribution in [-0.4, -0.2) is 61.4 Å². The summed E-state index contributed by atoms with van der Waals surface area (Å²) < 4.78 is 11.3. The number of likely N-dealkylation sites (tertiary alicyclic amines) is 1. The number of amides is 1. The molecule has 0 bridgehead atoms. The van der Waals surface area contributed by atoms with Crippen LogP contribution in [0, 0.1) is 0 Å². The highest BCUT2D eigenvalue weighted by molar-refractivity contribution is 5.80. The molecule has 0 spiro atoms. The molecule has 0 unspecified atom stereocenters. The van der Waals surface area contributed by atoms with Crippen molar-refractivity contribution in [3.8, 4) is 5.75 Å². The number of hydrogen-bond donors (Lipinski definition) is 2. The lowest BCUT2D eigenvalue weighted by molar-refractivity contribution is 0.0529. The van der Waals surface area contributed by atoms with Crippen molar-refractivity contribution < 1.29 is 14.3 Å². The molecule has 0 atom stereocenters. The number of piperidine rings is 1. The van der Waals surface area contributed by atoms with Crippen molar-refractivity contribution in [3.63, 3.8) is 0 Å². The van der Waals surface area contributed by atoms with E-state index in [-0.39, 0.29) is 6.10 Å². The Hall–Kier alpha value is -2.44. The fourth-order valence-corrected chi connectivity index (χ4v) is 2.94. The SMILES string of the molecule is CCNC(=NCCNC(=O)OC(C)(C)C)N1CCC(Oc2ccccc2)CC1. The number of rotatable bonds is 6. The number of carbonyl (C=O) groups excluding carboxylic acids is 1. The summed E-state index contributed by atoms with van der Waals surface area (Å²) in [6.45, 7) is 11.1. The van der Waals surface area contributed by atoms with Crippen LogP contribution in [0.4, 0.5) is 4.79 Å². The van der Waals surface area contributed by atoms with Gasteiger partial charge in [0.1, 0.15) is 17.5 Å². The third-order valence-electron chi connectivity index (χ3n) is 4.16. The first-order valence-electron chi connectivity index (χ1n) is 10.1. The van der Waals surface area contributed by atoms with Crippen LogP contribution in [0.2, 0.25) is 0 Å². The number of carbonyl (C=O) groups is 1. The molecule has 1 aromatic rings. The summed E-state index contributed by atoms with van der Waals surface area (Å²) in [6, 6.07) is 9.97. The summed E-state index contributed by atoms with van der Waals surface area (Å²) >= 11 is 0. The third-order valence-corrected chi connectivity index (χ3v) is 4.16. The lowest BCUT2D eigenvalue weighted by atomic mass is 10.1.